The molecule has 0 spiro atoms. The smallest absolute Gasteiger partial charge is 0.0716 e. The second kappa shape index (κ2) is 4.43. The Kier molecular flexibility index (Phi) is 1.67. The van der Waals surface area contributed by atoms with Gasteiger partial charge in [-0.15, -0.1) is 11.3 Å². The molecule has 2 heterocycles. The van der Waals surface area contributed by atoms with Crippen LogP contribution in [0.5, 0.6) is 0 Å². The van der Waals surface area contributed by atoms with Gasteiger partial charge < -0.3 is 0 Å². The fourth-order valence-electron chi connectivity index (χ4n) is 2.39. The summed E-state index contributed by atoms with van der Waals surface area (Å²) in [4.78, 5) is 4.24. The summed E-state index contributed by atoms with van der Waals surface area (Å²) >= 11 is 1.61. The summed E-state index contributed by atoms with van der Waals surface area (Å²) in [6.07, 6.45) is 1.20. The molecule has 4 rings (SSSR count). The van der Waals surface area contributed by atoms with Crippen molar-refractivity contribution in [1.82, 2.24) is 4.98 Å². The zero-order valence-electron chi connectivity index (χ0n) is 15.5. The van der Waals surface area contributed by atoms with E-state index in [0.717, 1.165) is 25.7 Å². The van der Waals surface area contributed by atoms with E-state index in [-0.39, 0.29) is 17.6 Å². The number of aryl methyl sites for hydroxylation is 1. The van der Waals surface area contributed by atoms with Gasteiger partial charge in [0.1, 0.15) is 0 Å². The molecule has 0 bridgehead atoms. The average molecular weight is 280 g/mol. The monoisotopic (exact) mass is 280 g/mol. The molecule has 0 atom stereocenters. The van der Waals surface area contributed by atoms with Crippen molar-refractivity contribution in [2.75, 3.05) is 0 Å². The van der Waals surface area contributed by atoms with Gasteiger partial charge in [0.05, 0.1) is 8.44 Å². The molecule has 0 unspecified atom stereocenters. The van der Waals surface area contributed by atoms with Crippen LogP contribution in [-0.4, -0.2) is 4.98 Å². The lowest BCUT2D eigenvalue weighted by molar-refractivity contribution is 1.27. The lowest BCUT2D eigenvalue weighted by atomic mass is 10.1. The molecule has 0 aliphatic carbocycles. The molecule has 0 saturated heterocycles. The standard InChI is InChI=1S/C18H13NS/c1-12-9-10-16(19-11-12)15-7-4-6-14-13-5-2-3-8-17(13)20-18(14)15/h2-11H,1H3/i1D3,9D,10D. The molecule has 4 aromatic rings. The van der Waals surface area contributed by atoms with Crippen molar-refractivity contribution in [2.24, 2.45) is 0 Å². The minimum atomic E-state index is -2.44. The van der Waals surface area contributed by atoms with E-state index in [4.69, 9.17) is 6.85 Å². The first-order chi connectivity index (χ1) is 11.9. The molecule has 1 nitrogen and oxygen atoms in total. The van der Waals surface area contributed by atoms with Gasteiger partial charge in [-0.05, 0) is 24.5 Å². The zero-order valence-corrected chi connectivity index (χ0v) is 11.3. The predicted molar refractivity (Wildman–Crippen MR) is 87.3 cm³/mol. The fraction of sp³-hybridized carbons (Fsp3) is 0.0556. The van der Waals surface area contributed by atoms with Gasteiger partial charge in [0.15, 0.2) is 0 Å². The lowest BCUT2D eigenvalue weighted by Gasteiger charge is -2.03. The SMILES string of the molecule is [2H]c1c(C([2H])([2H])[2H])cnc(-c2cccc3c2sc2ccccc23)c1[2H]. The first-order valence-corrected chi connectivity index (χ1v) is 7.07. The van der Waals surface area contributed by atoms with E-state index < -0.39 is 6.85 Å². The molecule has 0 aliphatic heterocycles. The van der Waals surface area contributed by atoms with Crippen LogP contribution in [0.15, 0.2) is 60.7 Å². The maximum Gasteiger partial charge on any atom is 0.0716 e. The summed E-state index contributed by atoms with van der Waals surface area (Å²) in [6, 6.07) is 13.4. The van der Waals surface area contributed by atoms with Gasteiger partial charge in [0.2, 0.25) is 0 Å². The Bertz CT molecular complexity index is 1110. The first-order valence-electron chi connectivity index (χ1n) is 8.75. The van der Waals surface area contributed by atoms with Gasteiger partial charge in [-0.3, -0.25) is 4.98 Å². The fourth-order valence-corrected chi connectivity index (χ4v) is 3.61. The normalized spacial score (nSPS) is 15.5. The van der Waals surface area contributed by atoms with E-state index in [2.05, 4.69) is 11.1 Å². The Morgan fingerprint density at radius 2 is 1.95 bits per heavy atom. The number of aromatic nitrogens is 1. The van der Waals surface area contributed by atoms with E-state index in [1.165, 1.54) is 6.20 Å². The van der Waals surface area contributed by atoms with Gasteiger partial charge in [0, 0.05) is 36.0 Å². The van der Waals surface area contributed by atoms with Crippen LogP contribution in [0, 0.1) is 6.85 Å². The minimum Gasteiger partial charge on any atom is -0.256 e. The molecule has 0 amide bonds. The van der Waals surface area contributed by atoms with Crippen LogP contribution in [0.4, 0.5) is 0 Å². The number of rotatable bonds is 1. The number of nitrogens with zero attached hydrogens (tertiary/aromatic N) is 1. The van der Waals surface area contributed by atoms with Gasteiger partial charge in [0.25, 0.3) is 0 Å². The number of hydrogen-bond acceptors (Lipinski definition) is 2. The van der Waals surface area contributed by atoms with Crippen molar-refractivity contribution in [3.63, 3.8) is 0 Å². The summed E-state index contributed by atoms with van der Waals surface area (Å²) in [5.41, 5.74) is 0.911. The number of fused-ring (bicyclic) bond motifs is 3. The van der Waals surface area contributed by atoms with Crippen LogP contribution in [0.3, 0.4) is 0 Å². The van der Waals surface area contributed by atoms with Crippen LogP contribution in [-0.2, 0) is 0 Å². The van der Waals surface area contributed by atoms with E-state index in [1.807, 2.05) is 36.4 Å². The second-order valence-corrected chi connectivity index (χ2v) is 5.60. The van der Waals surface area contributed by atoms with Crippen LogP contribution in [0.1, 0.15) is 12.4 Å². The number of benzene rings is 2. The van der Waals surface area contributed by atoms with Crippen molar-refractivity contribution in [3.8, 4) is 11.3 Å². The van der Waals surface area contributed by atoms with Crippen LogP contribution in [0.25, 0.3) is 31.4 Å². The zero-order chi connectivity index (χ0) is 17.8. The third-order valence-electron chi connectivity index (χ3n) is 3.30. The average Bonchev–Trinajstić information content (AvgIpc) is 2.95. The Labute approximate surface area is 128 Å². The highest BCUT2D eigenvalue weighted by molar-refractivity contribution is 7.26. The molecule has 2 aromatic carbocycles. The van der Waals surface area contributed by atoms with E-state index >= 15 is 0 Å². The molecule has 96 valence electrons. The summed E-state index contributed by atoms with van der Waals surface area (Å²) in [6.45, 7) is -2.44. The molecular formula is C18H13NS. The summed E-state index contributed by atoms with van der Waals surface area (Å²) < 4.78 is 40.9. The molecular weight excluding hydrogens is 262 g/mol. The molecule has 0 N–H and O–H groups in total. The Morgan fingerprint density at radius 3 is 2.90 bits per heavy atom. The maximum absolute atomic E-state index is 8.27. The van der Waals surface area contributed by atoms with Gasteiger partial charge >= 0.3 is 0 Å². The van der Waals surface area contributed by atoms with Crippen LogP contribution >= 0.6 is 11.3 Å². The Hall–Kier alpha value is -2.19. The van der Waals surface area contributed by atoms with E-state index in [9.17, 15) is 0 Å². The van der Waals surface area contributed by atoms with Crippen LogP contribution in [0.2, 0.25) is 0 Å². The van der Waals surface area contributed by atoms with Gasteiger partial charge in [-0.1, -0.05) is 42.4 Å². The number of hydrogen-bond donors (Lipinski definition) is 0. The summed E-state index contributed by atoms with van der Waals surface area (Å²) in [5.74, 6) is 0. The molecule has 2 heteroatoms. The molecule has 0 radical (unpaired) electrons. The first kappa shape index (κ1) is 7.55. The van der Waals surface area contributed by atoms with Gasteiger partial charge in [-0.25, -0.2) is 0 Å². The minimum absolute atomic E-state index is 0.154. The molecule has 0 saturated carbocycles. The van der Waals surface area contributed by atoms with Crippen molar-refractivity contribution in [3.05, 3.63) is 66.3 Å². The molecule has 0 aliphatic rings. The third-order valence-corrected chi connectivity index (χ3v) is 4.52. The number of pyridine rings is 1. The Balaban J connectivity index is 2.01. The second-order valence-electron chi connectivity index (χ2n) is 4.55. The largest absolute Gasteiger partial charge is 0.256 e. The predicted octanol–water partition coefficient (Wildman–Crippen LogP) is 5.42. The lowest BCUT2D eigenvalue weighted by Crippen LogP contribution is -1.83. The Morgan fingerprint density at radius 1 is 1.05 bits per heavy atom. The van der Waals surface area contributed by atoms with Crippen molar-refractivity contribution in [1.29, 1.82) is 0 Å². The summed E-state index contributed by atoms with van der Waals surface area (Å²) in [5, 5.41) is 2.21. The third kappa shape index (κ3) is 1.73. The van der Waals surface area contributed by atoms with E-state index in [0.29, 0.717) is 5.69 Å². The summed E-state index contributed by atoms with van der Waals surface area (Å²) in [7, 11) is 0. The van der Waals surface area contributed by atoms with Gasteiger partial charge in [-0.2, -0.15) is 0 Å². The number of thiophene rings is 1. The van der Waals surface area contributed by atoms with Crippen LogP contribution < -0.4 is 0 Å². The van der Waals surface area contributed by atoms with Crippen molar-refractivity contribution in [2.45, 2.75) is 6.85 Å². The quantitative estimate of drug-likeness (QED) is 0.453. The van der Waals surface area contributed by atoms with Crippen molar-refractivity contribution < 1.29 is 6.85 Å². The maximum atomic E-state index is 8.27. The highest BCUT2D eigenvalue weighted by atomic mass is 32.1. The molecule has 0 fully saturated rings. The topological polar surface area (TPSA) is 12.9 Å². The van der Waals surface area contributed by atoms with E-state index in [1.54, 1.807) is 11.3 Å². The highest BCUT2D eigenvalue weighted by Gasteiger charge is 2.10. The molecule has 20 heavy (non-hydrogen) atoms. The van der Waals surface area contributed by atoms with Crippen molar-refractivity contribution >= 4 is 31.5 Å². The highest BCUT2D eigenvalue weighted by Crippen LogP contribution is 2.38. The molecule has 2 aromatic heterocycles.